The Morgan fingerprint density at radius 3 is 2.72 bits per heavy atom. The molecular weight excluding hydrogens is 271 g/mol. The maximum absolute atomic E-state index is 6.01. The van der Waals surface area contributed by atoms with Crippen LogP contribution < -0.4 is 5.73 Å². The molecule has 0 amide bonds. The van der Waals surface area contributed by atoms with Crippen molar-refractivity contribution in [3.63, 3.8) is 0 Å². The highest BCUT2D eigenvalue weighted by molar-refractivity contribution is 6.42. The molecule has 6 heteroatoms. The van der Waals surface area contributed by atoms with E-state index in [0.717, 1.165) is 11.2 Å². The average Bonchev–Trinajstić information content (AvgIpc) is 2.69. The minimum absolute atomic E-state index is 0.363. The number of hydrogen-bond donors (Lipinski definition) is 1. The summed E-state index contributed by atoms with van der Waals surface area (Å²) in [5.74, 6) is 0.363. The number of anilines is 1. The molecule has 18 heavy (non-hydrogen) atoms. The highest BCUT2D eigenvalue weighted by atomic mass is 35.5. The minimum atomic E-state index is 0.363. The fourth-order valence-electron chi connectivity index (χ4n) is 1.81. The summed E-state index contributed by atoms with van der Waals surface area (Å²) in [6, 6.07) is 8.94. The van der Waals surface area contributed by atoms with Crippen molar-refractivity contribution in [1.29, 1.82) is 0 Å². The van der Waals surface area contributed by atoms with E-state index in [1.54, 1.807) is 22.9 Å². The van der Waals surface area contributed by atoms with Crippen molar-refractivity contribution in [1.82, 2.24) is 14.5 Å². The summed E-state index contributed by atoms with van der Waals surface area (Å²) < 4.78 is 1.73. The molecule has 3 aromatic rings. The third-order valence-corrected chi connectivity index (χ3v) is 3.34. The molecule has 0 saturated carbocycles. The fourth-order valence-corrected chi connectivity index (χ4v) is 2.10. The van der Waals surface area contributed by atoms with E-state index in [-0.39, 0.29) is 0 Å². The maximum atomic E-state index is 6.01. The predicted molar refractivity (Wildman–Crippen MR) is 73.3 cm³/mol. The van der Waals surface area contributed by atoms with Crippen molar-refractivity contribution in [2.75, 3.05) is 5.73 Å². The van der Waals surface area contributed by atoms with Crippen molar-refractivity contribution >= 4 is 40.3 Å². The first kappa shape index (κ1) is 11.3. The zero-order valence-corrected chi connectivity index (χ0v) is 10.7. The van der Waals surface area contributed by atoms with Crippen LogP contribution in [0.5, 0.6) is 0 Å². The van der Waals surface area contributed by atoms with E-state index in [0.29, 0.717) is 21.6 Å². The summed E-state index contributed by atoms with van der Waals surface area (Å²) in [6.07, 6.45) is 1.69. The number of benzene rings is 1. The summed E-state index contributed by atoms with van der Waals surface area (Å²) in [6.45, 7) is 0. The molecule has 0 radical (unpaired) electrons. The number of pyridine rings is 1. The summed E-state index contributed by atoms with van der Waals surface area (Å²) >= 11 is 11.9. The van der Waals surface area contributed by atoms with Gasteiger partial charge in [0.05, 0.1) is 15.7 Å². The van der Waals surface area contributed by atoms with E-state index in [4.69, 9.17) is 28.9 Å². The fraction of sp³-hybridized carbons (Fsp3) is 0. The van der Waals surface area contributed by atoms with Crippen LogP contribution >= 0.6 is 23.2 Å². The Morgan fingerprint density at radius 1 is 1.11 bits per heavy atom. The van der Waals surface area contributed by atoms with Crippen LogP contribution in [0.15, 0.2) is 36.5 Å². The monoisotopic (exact) mass is 278 g/mol. The summed E-state index contributed by atoms with van der Waals surface area (Å²) in [5, 5.41) is 0.961. The third kappa shape index (κ3) is 1.70. The molecule has 0 atom stereocenters. The van der Waals surface area contributed by atoms with E-state index in [2.05, 4.69) is 9.97 Å². The van der Waals surface area contributed by atoms with Gasteiger partial charge in [-0.3, -0.25) is 4.57 Å². The Hall–Kier alpha value is -1.78. The number of hydrogen-bond acceptors (Lipinski definition) is 3. The van der Waals surface area contributed by atoms with Crippen molar-refractivity contribution in [3.05, 3.63) is 46.6 Å². The lowest BCUT2D eigenvalue weighted by Crippen LogP contribution is -2.01. The molecule has 0 spiro atoms. The van der Waals surface area contributed by atoms with Crippen LogP contribution in [-0.2, 0) is 0 Å². The molecular formula is C12H8Cl2N4. The standard InChI is InChI=1S/C12H8Cl2N4/c13-8-4-3-7(6-9(8)14)18-11-10(17-12(18)15)2-1-5-16-11/h1-6H,(H2,15,17). The van der Waals surface area contributed by atoms with Crippen molar-refractivity contribution in [2.24, 2.45) is 0 Å². The SMILES string of the molecule is Nc1nc2cccnc2n1-c1ccc(Cl)c(Cl)c1. The molecule has 0 bridgehead atoms. The summed E-state index contributed by atoms with van der Waals surface area (Å²) in [5.41, 5.74) is 8.12. The van der Waals surface area contributed by atoms with Crippen molar-refractivity contribution < 1.29 is 0 Å². The molecule has 2 N–H and O–H groups in total. The van der Waals surface area contributed by atoms with Crippen LogP contribution in [0.2, 0.25) is 10.0 Å². The van der Waals surface area contributed by atoms with Gasteiger partial charge in [0.25, 0.3) is 0 Å². The Bertz CT molecular complexity index is 736. The van der Waals surface area contributed by atoms with Crippen LogP contribution in [0, 0.1) is 0 Å². The maximum Gasteiger partial charge on any atom is 0.207 e. The Balaban J connectivity index is 2.30. The smallest absolute Gasteiger partial charge is 0.207 e. The van der Waals surface area contributed by atoms with Crippen molar-refractivity contribution in [2.45, 2.75) is 0 Å². The summed E-state index contributed by atoms with van der Waals surface area (Å²) in [7, 11) is 0. The number of nitrogens with zero attached hydrogens (tertiary/aromatic N) is 3. The first-order chi connectivity index (χ1) is 8.66. The molecule has 0 aliphatic carbocycles. The van der Waals surface area contributed by atoms with Gasteiger partial charge in [-0.05, 0) is 30.3 Å². The number of rotatable bonds is 1. The van der Waals surface area contributed by atoms with Crippen LogP contribution in [0.1, 0.15) is 0 Å². The predicted octanol–water partition coefficient (Wildman–Crippen LogP) is 3.31. The summed E-state index contributed by atoms with van der Waals surface area (Å²) in [4.78, 5) is 8.52. The Morgan fingerprint density at radius 2 is 1.94 bits per heavy atom. The van der Waals surface area contributed by atoms with Gasteiger partial charge in [0.15, 0.2) is 5.65 Å². The second kappa shape index (κ2) is 4.15. The number of nitrogen functional groups attached to an aromatic ring is 1. The number of fused-ring (bicyclic) bond motifs is 1. The average molecular weight is 279 g/mol. The molecule has 3 rings (SSSR count). The Kier molecular flexibility index (Phi) is 2.61. The van der Waals surface area contributed by atoms with Gasteiger partial charge >= 0.3 is 0 Å². The van der Waals surface area contributed by atoms with Gasteiger partial charge in [0.2, 0.25) is 5.95 Å². The quantitative estimate of drug-likeness (QED) is 0.743. The second-order valence-corrected chi connectivity index (χ2v) is 4.56. The molecule has 0 aliphatic rings. The van der Waals surface area contributed by atoms with Gasteiger partial charge in [-0.25, -0.2) is 9.97 Å². The molecule has 1 aromatic carbocycles. The number of halogens is 2. The molecule has 0 fully saturated rings. The highest BCUT2D eigenvalue weighted by Crippen LogP contribution is 2.27. The van der Waals surface area contributed by atoms with Crippen LogP contribution in [0.4, 0.5) is 5.95 Å². The van der Waals surface area contributed by atoms with E-state index in [9.17, 15) is 0 Å². The number of aromatic nitrogens is 3. The van der Waals surface area contributed by atoms with Gasteiger partial charge < -0.3 is 5.73 Å². The van der Waals surface area contributed by atoms with E-state index < -0.39 is 0 Å². The van der Waals surface area contributed by atoms with E-state index in [1.165, 1.54) is 0 Å². The number of nitrogens with two attached hydrogens (primary N) is 1. The van der Waals surface area contributed by atoms with E-state index >= 15 is 0 Å². The van der Waals surface area contributed by atoms with Crippen LogP contribution in [-0.4, -0.2) is 14.5 Å². The molecule has 0 saturated heterocycles. The normalized spacial score (nSPS) is 11.0. The molecule has 2 heterocycles. The van der Waals surface area contributed by atoms with Gasteiger partial charge in [0, 0.05) is 6.20 Å². The van der Waals surface area contributed by atoms with Gasteiger partial charge in [-0.1, -0.05) is 23.2 Å². The minimum Gasteiger partial charge on any atom is -0.369 e. The van der Waals surface area contributed by atoms with Crippen LogP contribution in [0.25, 0.3) is 16.9 Å². The lowest BCUT2D eigenvalue weighted by Gasteiger charge is -2.06. The molecule has 4 nitrogen and oxygen atoms in total. The largest absolute Gasteiger partial charge is 0.369 e. The number of imidazole rings is 1. The first-order valence-electron chi connectivity index (χ1n) is 5.21. The molecule has 0 unspecified atom stereocenters. The van der Waals surface area contributed by atoms with Crippen molar-refractivity contribution in [3.8, 4) is 5.69 Å². The topological polar surface area (TPSA) is 56.7 Å². The first-order valence-corrected chi connectivity index (χ1v) is 5.97. The molecule has 2 aromatic heterocycles. The zero-order valence-electron chi connectivity index (χ0n) is 9.14. The molecule has 90 valence electrons. The molecule has 0 aliphatic heterocycles. The lowest BCUT2D eigenvalue weighted by molar-refractivity contribution is 1.08. The van der Waals surface area contributed by atoms with Gasteiger partial charge in [-0.2, -0.15) is 0 Å². The van der Waals surface area contributed by atoms with E-state index in [1.807, 2.05) is 18.2 Å². The van der Waals surface area contributed by atoms with Crippen LogP contribution in [0.3, 0.4) is 0 Å². The second-order valence-electron chi connectivity index (χ2n) is 3.75. The van der Waals surface area contributed by atoms with Gasteiger partial charge in [-0.15, -0.1) is 0 Å². The lowest BCUT2D eigenvalue weighted by atomic mass is 10.3. The van der Waals surface area contributed by atoms with Gasteiger partial charge in [0.1, 0.15) is 5.52 Å². The highest BCUT2D eigenvalue weighted by Gasteiger charge is 2.11. The third-order valence-electron chi connectivity index (χ3n) is 2.60. The zero-order chi connectivity index (χ0) is 12.7. The Labute approximate surface area is 113 Å².